The molecular weight excluding hydrogens is 336 g/mol. The number of hydrogen-bond acceptors (Lipinski definition) is 4. The van der Waals surface area contributed by atoms with E-state index in [0.717, 1.165) is 5.76 Å². The molecule has 6 heteroatoms. The molecule has 0 aromatic carbocycles. The van der Waals surface area contributed by atoms with Crippen molar-refractivity contribution in [3.05, 3.63) is 11.5 Å². The zero-order valence-electron chi connectivity index (χ0n) is 17.1. The summed E-state index contributed by atoms with van der Waals surface area (Å²) in [7, 11) is -3.21. The van der Waals surface area contributed by atoms with Crippen LogP contribution in [0.5, 0.6) is 0 Å². The Bertz CT molecular complexity index is 500. The highest BCUT2D eigenvalue weighted by Crippen LogP contribution is 2.42. The normalized spacial score (nSPS) is 32.1. The topological polar surface area (TPSA) is 36.9 Å². The Kier molecular flexibility index (Phi) is 5.24. The van der Waals surface area contributed by atoms with E-state index >= 15 is 0 Å². The van der Waals surface area contributed by atoms with Crippen molar-refractivity contribution in [2.24, 2.45) is 0 Å². The summed E-state index contributed by atoms with van der Waals surface area (Å²) in [5, 5.41) is 0.189. The fourth-order valence-electron chi connectivity index (χ4n) is 2.77. The van der Waals surface area contributed by atoms with Crippen LogP contribution in [0.1, 0.15) is 34.6 Å². The van der Waals surface area contributed by atoms with Crippen molar-refractivity contribution in [1.29, 1.82) is 0 Å². The quantitative estimate of drug-likeness (QED) is 0.671. The predicted octanol–water partition coefficient (Wildman–Crippen LogP) is 4.69. The summed E-state index contributed by atoms with van der Waals surface area (Å²) in [4.78, 5) is 0. The molecule has 3 atom stereocenters. The van der Waals surface area contributed by atoms with Crippen LogP contribution >= 0.6 is 0 Å². The van der Waals surface area contributed by atoms with Crippen LogP contribution in [0.25, 0.3) is 0 Å². The second-order valence-corrected chi connectivity index (χ2v) is 20.0. The Morgan fingerprint density at radius 1 is 1.08 bits per heavy atom. The molecule has 24 heavy (non-hydrogen) atoms. The summed E-state index contributed by atoms with van der Waals surface area (Å²) in [6.45, 7) is 22.7. The van der Waals surface area contributed by atoms with Crippen LogP contribution < -0.4 is 0 Å². The van der Waals surface area contributed by atoms with Crippen LogP contribution in [-0.4, -0.2) is 47.1 Å². The van der Waals surface area contributed by atoms with Crippen molar-refractivity contribution in [2.45, 2.75) is 96.5 Å². The van der Waals surface area contributed by atoms with Crippen molar-refractivity contribution in [3.8, 4) is 0 Å². The molecule has 0 aliphatic carbocycles. The van der Waals surface area contributed by atoms with Gasteiger partial charge in [-0.25, -0.2) is 0 Å². The Labute approximate surface area is 150 Å². The first-order valence-corrected chi connectivity index (χ1v) is 15.5. The third-order valence-electron chi connectivity index (χ3n) is 5.05. The molecule has 0 aromatic heterocycles. The third-order valence-corrected chi connectivity index (χ3v) is 10.7. The maximum Gasteiger partial charge on any atom is 0.192 e. The van der Waals surface area contributed by atoms with Gasteiger partial charge in [0.1, 0.15) is 24.1 Å². The van der Waals surface area contributed by atoms with Gasteiger partial charge in [0.25, 0.3) is 0 Å². The number of rotatable bonds is 4. The van der Waals surface area contributed by atoms with E-state index in [9.17, 15) is 0 Å². The van der Waals surface area contributed by atoms with E-state index in [4.69, 9.17) is 18.6 Å². The van der Waals surface area contributed by atoms with Crippen molar-refractivity contribution < 1.29 is 18.6 Å². The lowest BCUT2D eigenvalue weighted by Crippen LogP contribution is -2.44. The van der Waals surface area contributed by atoms with Crippen LogP contribution in [-0.2, 0) is 18.6 Å². The summed E-state index contributed by atoms with van der Waals surface area (Å²) in [5.41, 5.74) is 2.29. The molecule has 2 heterocycles. The highest BCUT2D eigenvalue weighted by molar-refractivity contribution is 6.81. The second kappa shape index (κ2) is 6.23. The first kappa shape index (κ1) is 20.2. The van der Waals surface area contributed by atoms with Crippen LogP contribution in [0.2, 0.25) is 37.8 Å². The molecule has 0 aromatic rings. The summed E-state index contributed by atoms with van der Waals surface area (Å²) in [6.07, 6.45) is -0.263. The molecule has 0 spiro atoms. The van der Waals surface area contributed by atoms with Crippen molar-refractivity contribution in [1.82, 2.24) is 0 Å². The Balaban J connectivity index is 2.15. The van der Waals surface area contributed by atoms with E-state index in [1.54, 1.807) is 0 Å². The first-order chi connectivity index (χ1) is 10.6. The SMILES string of the molecule is CC1(C)O[C@@H]2[C@@H](CO[Si](C)(C)C(C)(C)C)O/C(=C/[Si](C)(C)C)[C@@H]2O1. The highest BCUT2D eigenvalue weighted by Gasteiger charge is 2.54. The zero-order valence-corrected chi connectivity index (χ0v) is 19.1. The monoisotopic (exact) mass is 372 g/mol. The summed E-state index contributed by atoms with van der Waals surface area (Å²) < 4.78 is 24.9. The largest absolute Gasteiger partial charge is 0.487 e. The van der Waals surface area contributed by atoms with E-state index < -0.39 is 22.2 Å². The molecule has 2 rings (SSSR count). The molecule has 4 nitrogen and oxygen atoms in total. The van der Waals surface area contributed by atoms with Gasteiger partial charge in [0, 0.05) is 0 Å². The lowest BCUT2D eigenvalue weighted by molar-refractivity contribution is -0.168. The molecule has 0 amide bonds. The van der Waals surface area contributed by atoms with Gasteiger partial charge in [-0.1, -0.05) is 46.1 Å². The summed E-state index contributed by atoms with van der Waals surface area (Å²) in [6, 6.07) is 0. The van der Waals surface area contributed by atoms with E-state index in [0.29, 0.717) is 6.61 Å². The second-order valence-electron chi connectivity index (χ2n) is 10.2. The van der Waals surface area contributed by atoms with Gasteiger partial charge in [-0.3, -0.25) is 0 Å². The van der Waals surface area contributed by atoms with Gasteiger partial charge >= 0.3 is 0 Å². The zero-order chi connectivity index (χ0) is 18.6. The van der Waals surface area contributed by atoms with Gasteiger partial charge in [-0.15, -0.1) is 0 Å². The Morgan fingerprint density at radius 2 is 1.67 bits per heavy atom. The third kappa shape index (κ3) is 4.52. The molecule has 0 radical (unpaired) electrons. The summed E-state index contributed by atoms with van der Waals surface area (Å²) in [5.74, 6) is 0.390. The van der Waals surface area contributed by atoms with Gasteiger partial charge in [-0.05, 0) is 32.0 Å². The van der Waals surface area contributed by atoms with Crippen LogP contribution in [0.4, 0.5) is 0 Å². The van der Waals surface area contributed by atoms with Crippen molar-refractivity contribution in [3.63, 3.8) is 0 Å². The predicted molar refractivity (Wildman–Crippen MR) is 103 cm³/mol. The molecule has 2 aliphatic rings. The number of hydrogen-bond donors (Lipinski definition) is 0. The molecule has 140 valence electrons. The van der Waals surface area contributed by atoms with Gasteiger partial charge < -0.3 is 18.6 Å². The van der Waals surface area contributed by atoms with Gasteiger partial charge in [-0.2, -0.15) is 0 Å². The number of ether oxygens (including phenoxy) is 3. The van der Waals surface area contributed by atoms with E-state index in [-0.39, 0.29) is 23.4 Å². The minimum atomic E-state index is -1.81. The van der Waals surface area contributed by atoms with Gasteiger partial charge in [0.05, 0.1) is 14.7 Å². The molecule has 2 fully saturated rings. The maximum absolute atomic E-state index is 6.40. The lowest BCUT2D eigenvalue weighted by atomic mass is 10.1. The molecule has 0 unspecified atom stereocenters. The molecule has 2 saturated heterocycles. The standard InChI is InChI=1S/C18H36O4Si2/c1-17(2,3)24(9,10)19-11-13-15-16(22-18(4,5)21-15)14(20-13)12-23(6,7)8/h12-13,15-16H,11H2,1-10H3/b14-12+/t13-,15-,16+/m1/s1. The average Bonchev–Trinajstić information content (AvgIpc) is 2.79. The van der Waals surface area contributed by atoms with Crippen LogP contribution in [0.3, 0.4) is 0 Å². The van der Waals surface area contributed by atoms with E-state index in [1.807, 2.05) is 13.8 Å². The molecule has 0 bridgehead atoms. The van der Waals surface area contributed by atoms with Gasteiger partial charge in [0.15, 0.2) is 14.1 Å². The fourth-order valence-corrected chi connectivity index (χ4v) is 4.87. The minimum absolute atomic E-state index is 0.0765. The molecule has 0 N–H and O–H groups in total. The smallest absolute Gasteiger partial charge is 0.192 e. The number of fused-ring (bicyclic) bond motifs is 1. The Hall–Kier alpha value is -0.146. The van der Waals surface area contributed by atoms with Crippen molar-refractivity contribution in [2.75, 3.05) is 6.61 Å². The highest BCUT2D eigenvalue weighted by atomic mass is 28.4. The maximum atomic E-state index is 6.40. The van der Waals surface area contributed by atoms with E-state index in [1.165, 1.54) is 0 Å². The molecule has 0 saturated carbocycles. The van der Waals surface area contributed by atoms with Gasteiger partial charge in [0.2, 0.25) is 0 Å². The molecule has 2 aliphatic heterocycles. The molecular formula is C18H36O4Si2. The van der Waals surface area contributed by atoms with Crippen LogP contribution in [0.15, 0.2) is 11.5 Å². The fraction of sp³-hybridized carbons (Fsp3) is 0.889. The van der Waals surface area contributed by atoms with Crippen LogP contribution in [0, 0.1) is 0 Å². The Morgan fingerprint density at radius 3 is 2.17 bits per heavy atom. The average molecular weight is 373 g/mol. The van der Waals surface area contributed by atoms with E-state index in [2.05, 4.69) is 59.2 Å². The first-order valence-electron chi connectivity index (χ1n) is 9.00. The summed E-state index contributed by atoms with van der Waals surface area (Å²) >= 11 is 0. The van der Waals surface area contributed by atoms with Crippen molar-refractivity contribution >= 4 is 16.4 Å². The lowest BCUT2D eigenvalue weighted by Gasteiger charge is -2.37. The minimum Gasteiger partial charge on any atom is -0.487 e.